The van der Waals surface area contributed by atoms with E-state index in [4.69, 9.17) is 4.74 Å². The van der Waals surface area contributed by atoms with Crippen LogP contribution in [0.15, 0.2) is 30.3 Å². The molecule has 0 aromatic heterocycles. The molecule has 0 bridgehead atoms. The Bertz CT molecular complexity index is 580. The van der Waals surface area contributed by atoms with Crippen molar-refractivity contribution in [3.05, 3.63) is 35.9 Å². The number of ether oxygens (including phenoxy) is 1. The van der Waals surface area contributed by atoms with Gasteiger partial charge in [0.05, 0.1) is 6.61 Å². The molecule has 130 valence electrons. The molecule has 1 aromatic carbocycles. The fraction of sp³-hybridized carbons (Fsp3) is 0.500. The van der Waals surface area contributed by atoms with Crippen LogP contribution in [-0.4, -0.2) is 42.4 Å². The summed E-state index contributed by atoms with van der Waals surface area (Å²) in [5, 5.41) is 2.81. The van der Waals surface area contributed by atoms with Crippen molar-refractivity contribution in [1.82, 2.24) is 10.2 Å². The lowest BCUT2D eigenvalue weighted by Gasteiger charge is -2.31. The number of benzene rings is 1. The van der Waals surface area contributed by atoms with Crippen LogP contribution >= 0.6 is 0 Å². The molecule has 1 aromatic rings. The molecule has 1 fully saturated rings. The van der Waals surface area contributed by atoms with Gasteiger partial charge in [-0.3, -0.25) is 9.59 Å². The highest BCUT2D eigenvalue weighted by molar-refractivity contribution is 5.87. The number of esters is 1. The van der Waals surface area contributed by atoms with Crippen LogP contribution in [0.5, 0.6) is 0 Å². The van der Waals surface area contributed by atoms with Crippen molar-refractivity contribution >= 4 is 17.8 Å². The lowest BCUT2D eigenvalue weighted by molar-refractivity contribution is -0.148. The predicted molar refractivity (Wildman–Crippen MR) is 88.9 cm³/mol. The third kappa shape index (κ3) is 4.57. The summed E-state index contributed by atoms with van der Waals surface area (Å²) in [4.78, 5) is 37.9. The van der Waals surface area contributed by atoms with E-state index in [9.17, 15) is 14.4 Å². The molecular weight excluding hydrogens is 308 g/mol. The minimum absolute atomic E-state index is 0.0301. The average molecular weight is 332 g/mol. The summed E-state index contributed by atoms with van der Waals surface area (Å²) < 4.78 is 5.09. The first-order valence-corrected chi connectivity index (χ1v) is 8.30. The summed E-state index contributed by atoms with van der Waals surface area (Å²) in [6.07, 6.45) is 1.21. The molecule has 6 heteroatoms. The smallest absolute Gasteiger partial charge is 0.333 e. The van der Waals surface area contributed by atoms with Crippen LogP contribution in [0.3, 0.4) is 0 Å². The van der Waals surface area contributed by atoms with E-state index in [0.29, 0.717) is 31.5 Å². The van der Waals surface area contributed by atoms with Crippen molar-refractivity contribution in [3.63, 3.8) is 0 Å². The molecule has 2 rings (SSSR count). The van der Waals surface area contributed by atoms with E-state index < -0.39 is 12.0 Å². The number of amides is 2. The van der Waals surface area contributed by atoms with Crippen molar-refractivity contribution in [1.29, 1.82) is 0 Å². The van der Waals surface area contributed by atoms with Gasteiger partial charge < -0.3 is 15.0 Å². The number of nitrogens with zero attached hydrogens (tertiary/aromatic N) is 1. The van der Waals surface area contributed by atoms with E-state index in [1.807, 2.05) is 18.2 Å². The van der Waals surface area contributed by atoms with E-state index in [1.54, 1.807) is 24.0 Å². The van der Waals surface area contributed by atoms with Crippen LogP contribution < -0.4 is 5.32 Å². The van der Waals surface area contributed by atoms with Crippen molar-refractivity contribution in [2.24, 2.45) is 5.92 Å². The molecule has 1 atom stereocenters. The van der Waals surface area contributed by atoms with Gasteiger partial charge in [-0.1, -0.05) is 30.3 Å². The fourth-order valence-corrected chi connectivity index (χ4v) is 2.87. The maximum absolute atomic E-state index is 12.5. The van der Waals surface area contributed by atoms with Crippen LogP contribution in [0.2, 0.25) is 0 Å². The van der Waals surface area contributed by atoms with Gasteiger partial charge in [-0.05, 0) is 25.3 Å². The molecule has 1 saturated heterocycles. The quantitative estimate of drug-likeness (QED) is 0.832. The third-order valence-corrected chi connectivity index (χ3v) is 4.25. The molecule has 1 N–H and O–H groups in total. The van der Waals surface area contributed by atoms with Gasteiger partial charge in [0.25, 0.3) is 0 Å². The Labute approximate surface area is 142 Å². The van der Waals surface area contributed by atoms with Crippen LogP contribution in [0, 0.1) is 5.92 Å². The molecular formula is C18H24N2O4. The maximum Gasteiger partial charge on any atom is 0.333 e. The summed E-state index contributed by atoms with van der Waals surface area (Å²) in [6, 6.07) is 8.27. The van der Waals surface area contributed by atoms with Gasteiger partial charge in [-0.2, -0.15) is 0 Å². The second-order valence-corrected chi connectivity index (χ2v) is 5.88. The van der Waals surface area contributed by atoms with Crippen LogP contribution in [0.1, 0.15) is 38.3 Å². The number of carbonyl (C=O) groups is 3. The van der Waals surface area contributed by atoms with Crippen molar-refractivity contribution in [2.75, 3.05) is 19.7 Å². The number of rotatable bonds is 5. The zero-order valence-corrected chi connectivity index (χ0v) is 14.2. The number of hydrogen-bond donors (Lipinski definition) is 1. The second kappa shape index (κ2) is 8.47. The largest absolute Gasteiger partial charge is 0.464 e. The highest BCUT2D eigenvalue weighted by atomic mass is 16.5. The zero-order valence-electron chi connectivity index (χ0n) is 14.2. The summed E-state index contributed by atoms with van der Waals surface area (Å²) in [5.41, 5.74) is 0.700. The molecule has 1 aliphatic rings. The van der Waals surface area contributed by atoms with E-state index in [0.717, 1.165) is 0 Å². The standard InChI is InChI=1S/C18H24N2O4/c1-3-24-18(23)16(14-7-5-4-6-8-14)19-17(22)15-9-11-20(12-10-15)13(2)21/h4-8,15-16H,3,9-12H2,1-2H3,(H,19,22). The molecule has 24 heavy (non-hydrogen) atoms. The molecule has 1 aliphatic heterocycles. The van der Waals surface area contributed by atoms with Gasteiger partial charge in [0.2, 0.25) is 11.8 Å². The van der Waals surface area contributed by atoms with Crippen molar-refractivity contribution < 1.29 is 19.1 Å². The van der Waals surface area contributed by atoms with Gasteiger partial charge in [0, 0.05) is 25.9 Å². The Balaban J connectivity index is 2.03. The molecule has 0 saturated carbocycles. The molecule has 0 aliphatic carbocycles. The zero-order chi connectivity index (χ0) is 17.5. The Morgan fingerprint density at radius 3 is 2.38 bits per heavy atom. The number of likely N-dealkylation sites (tertiary alicyclic amines) is 1. The summed E-state index contributed by atoms with van der Waals surface area (Å²) in [5.74, 6) is -0.790. The minimum Gasteiger partial charge on any atom is -0.464 e. The van der Waals surface area contributed by atoms with Crippen LogP contribution in [-0.2, 0) is 19.1 Å². The van der Waals surface area contributed by atoms with Gasteiger partial charge in [0.15, 0.2) is 6.04 Å². The van der Waals surface area contributed by atoms with Gasteiger partial charge in [-0.15, -0.1) is 0 Å². The molecule has 0 radical (unpaired) electrons. The number of hydrogen-bond acceptors (Lipinski definition) is 4. The van der Waals surface area contributed by atoms with Gasteiger partial charge in [0.1, 0.15) is 0 Å². The van der Waals surface area contributed by atoms with Gasteiger partial charge in [-0.25, -0.2) is 4.79 Å². The summed E-state index contributed by atoms with van der Waals surface area (Å²) in [7, 11) is 0. The highest BCUT2D eigenvalue weighted by Gasteiger charge is 2.30. The topological polar surface area (TPSA) is 75.7 Å². The van der Waals surface area contributed by atoms with Gasteiger partial charge >= 0.3 is 5.97 Å². The minimum atomic E-state index is -0.801. The first-order valence-electron chi connectivity index (χ1n) is 8.30. The van der Waals surface area contributed by atoms with E-state index >= 15 is 0 Å². The highest BCUT2D eigenvalue weighted by Crippen LogP contribution is 2.20. The maximum atomic E-state index is 12.5. The Morgan fingerprint density at radius 1 is 1.21 bits per heavy atom. The average Bonchev–Trinajstić information content (AvgIpc) is 2.60. The number of carbonyl (C=O) groups excluding carboxylic acids is 3. The normalized spacial score (nSPS) is 16.3. The lowest BCUT2D eigenvalue weighted by Crippen LogP contribution is -2.44. The second-order valence-electron chi connectivity index (χ2n) is 5.88. The molecule has 1 unspecified atom stereocenters. The Kier molecular flexibility index (Phi) is 6.35. The lowest BCUT2D eigenvalue weighted by atomic mass is 9.95. The van der Waals surface area contributed by atoms with E-state index in [2.05, 4.69) is 5.32 Å². The molecule has 1 heterocycles. The Hall–Kier alpha value is -2.37. The molecule has 0 spiro atoms. The third-order valence-electron chi connectivity index (χ3n) is 4.25. The van der Waals surface area contributed by atoms with E-state index in [-0.39, 0.29) is 24.3 Å². The number of nitrogens with one attached hydrogen (secondary N) is 1. The number of piperidine rings is 1. The first kappa shape index (κ1) is 18.0. The SMILES string of the molecule is CCOC(=O)C(NC(=O)C1CCN(C(C)=O)CC1)c1ccccc1. The Morgan fingerprint density at radius 2 is 1.83 bits per heavy atom. The first-order chi connectivity index (χ1) is 11.5. The van der Waals surface area contributed by atoms with Crippen LogP contribution in [0.4, 0.5) is 0 Å². The molecule has 2 amide bonds. The fourth-order valence-electron chi connectivity index (χ4n) is 2.87. The van der Waals surface area contributed by atoms with Crippen LogP contribution in [0.25, 0.3) is 0 Å². The van der Waals surface area contributed by atoms with Crippen molar-refractivity contribution in [2.45, 2.75) is 32.7 Å². The summed E-state index contributed by atoms with van der Waals surface area (Å²) in [6.45, 7) is 4.67. The predicted octanol–water partition coefficient (Wildman–Crippen LogP) is 1.67. The molecule has 6 nitrogen and oxygen atoms in total. The van der Waals surface area contributed by atoms with Crippen molar-refractivity contribution in [3.8, 4) is 0 Å². The monoisotopic (exact) mass is 332 g/mol. The van der Waals surface area contributed by atoms with E-state index in [1.165, 1.54) is 6.92 Å². The summed E-state index contributed by atoms with van der Waals surface area (Å²) >= 11 is 0.